The molecular weight excluding hydrogens is 288 g/mol. The van der Waals surface area contributed by atoms with Crippen LogP contribution in [-0.4, -0.2) is 20.9 Å². The molecule has 0 amide bonds. The highest BCUT2D eigenvalue weighted by Gasteiger charge is 2.18. The van der Waals surface area contributed by atoms with Gasteiger partial charge < -0.3 is 5.11 Å². The molecular formula is C19H18N2O2. The van der Waals surface area contributed by atoms with E-state index in [0.29, 0.717) is 5.69 Å². The van der Waals surface area contributed by atoms with Crippen molar-refractivity contribution in [2.24, 2.45) is 0 Å². The van der Waals surface area contributed by atoms with Crippen LogP contribution in [0.1, 0.15) is 27.2 Å². The molecule has 0 aliphatic rings. The molecule has 0 saturated carbocycles. The van der Waals surface area contributed by atoms with Gasteiger partial charge in [-0.25, -0.2) is 9.48 Å². The lowest BCUT2D eigenvalue weighted by Crippen LogP contribution is -2.07. The molecule has 1 N–H and O–H groups in total. The summed E-state index contributed by atoms with van der Waals surface area (Å²) in [5, 5.41) is 14.1. The number of aromatic nitrogens is 2. The third kappa shape index (κ3) is 2.75. The number of rotatable bonds is 3. The Labute approximate surface area is 135 Å². The minimum Gasteiger partial charge on any atom is -0.477 e. The number of carbonyl (C=O) groups is 1. The third-order valence-corrected chi connectivity index (χ3v) is 3.86. The van der Waals surface area contributed by atoms with Crippen molar-refractivity contribution in [3.05, 3.63) is 70.9 Å². The largest absolute Gasteiger partial charge is 0.477 e. The van der Waals surface area contributed by atoms with Gasteiger partial charge in [0.25, 0.3) is 0 Å². The number of aromatic carboxylic acids is 1. The fraction of sp³-hybridized carbons (Fsp3) is 0.158. The summed E-state index contributed by atoms with van der Waals surface area (Å²) in [6.45, 7) is 6.10. The molecule has 0 fully saturated rings. The van der Waals surface area contributed by atoms with Crippen molar-refractivity contribution in [1.82, 2.24) is 9.78 Å². The van der Waals surface area contributed by atoms with E-state index in [9.17, 15) is 9.90 Å². The van der Waals surface area contributed by atoms with Crippen molar-refractivity contribution in [2.45, 2.75) is 20.8 Å². The van der Waals surface area contributed by atoms with Gasteiger partial charge in [0, 0.05) is 5.56 Å². The molecule has 4 heteroatoms. The van der Waals surface area contributed by atoms with E-state index in [1.54, 1.807) is 6.07 Å². The number of aryl methyl sites for hydroxylation is 3. The van der Waals surface area contributed by atoms with Gasteiger partial charge >= 0.3 is 5.97 Å². The fourth-order valence-electron chi connectivity index (χ4n) is 3.01. The topological polar surface area (TPSA) is 55.1 Å². The summed E-state index contributed by atoms with van der Waals surface area (Å²) < 4.78 is 1.48. The molecule has 0 saturated heterocycles. The molecule has 2 aromatic carbocycles. The Morgan fingerprint density at radius 3 is 2.17 bits per heavy atom. The van der Waals surface area contributed by atoms with Crippen LogP contribution in [0.3, 0.4) is 0 Å². The van der Waals surface area contributed by atoms with Crippen molar-refractivity contribution in [3.8, 4) is 16.9 Å². The van der Waals surface area contributed by atoms with Crippen LogP contribution in [0.5, 0.6) is 0 Å². The number of hydrogen-bond acceptors (Lipinski definition) is 2. The Bertz CT molecular complexity index is 857. The standard InChI is InChI=1S/C19H18N2O2/c1-12-9-13(2)18(14(3)10-12)16-11-17(19(22)23)21(20-16)15-7-5-4-6-8-15/h4-11H,1-3H3,(H,22,23). The van der Waals surface area contributed by atoms with Crippen molar-refractivity contribution in [1.29, 1.82) is 0 Å². The second-order valence-corrected chi connectivity index (χ2v) is 5.74. The van der Waals surface area contributed by atoms with E-state index in [4.69, 9.17) is 0 Å². The average molecular weight is 306 g/mol. The minimum atomic E-state index is -0.991. The highest BCUT2D eigenvalue weighted by molar-refractivity contribution is 5.88. The molecule has 0 unspecified atom stereocenters. The number of para-hydroxylation sites is 1. The Hall–Kier alpha value is -2.88. The van der Waals surface area contributed by atoms with Gasteiger partial charge in [-0.05, 0) is 50.1 Å². The van der Waals surface area contributed by atoms with Crippen molar-refractivity contribution >= 4 is 5.97 Å². The maximum Gasteiger partial charge on any atom is 0.354 e. The summed E-state index contributed by atoms with van der Waals surface area (Å²) >= 11 is 0. The quantitative estimate of drug-likeness (QED) is 0.790. The summed E-state index contributed by atoms with van der Waals surface area (Å²) in [6, 6.07) is 15.1. The van der Waals surface area contributed by atoms with Crippen molar-refractivity contribution in [3.63, 3.8) is 0 Å². The van der Waals surface area contributed by atoms with E-state index >= 15 is 0 Å². The molecule has 0 atom stereocenters. The number of hydrogen-bond donors (Lipinski definition) is 1. The lowest BCUT2D eigenvalue weighted by Gasteiger charge is -2.09. The van der Waals surface area contributed by atoms with Crippen molar-refractivity contribution in [2.75, 3.05) is 0 Å². The molecule has 3 aromatic rings. The zero-order chi connectivity index (χ0) is 16.6. The molecule has 23 heavy (non-hydrogen) atoms. The molecule has 0 aliphatic heterocycles. The monoisotopic (exact) mass is 306 g/mol. The smallest absolute Gasteiger partial charge is 0.354 e. The lowest BCUT2D eigenvalue weighted by atomic mass is 9.97. The van der Waals surface area contributed by atoms with Crippen LogP contribution in [0.25, 0.3) is 16.9 Å². The summed E-state index contributed by atoms with van der Waals surface area (Å²) in [5.41, 5.74) is 5.94. The van der Waals surface area contributed by atoms with Gasteiger partial charge in [-0.2, -0.15) is 5.10 Å². The highest BCUT2D eigenvalue weighted by Crippen LogP contribution is 2.29. The van der Waals surface area contributed by atoms with E-state index in [1.165, 1.54) is 10.2 Å². The van der Waals surface area contributed by atoms with E-state index < -0.39 is 5.97 Å². The van der Waals surface area contributed by atoms with Gasteiger partial charge in [-0.15, -0.1) is 0 Å². The molecule has 1 aromatic heterocycles. The van der Waals surface area contributed by atoms with Crippen LogP contribution < -0.4 is 0 Å². The van der Waals surface area contributed by atoms with E-state index in [2.05, 4.69) is 24.2 Å². The van der Waals surface area contributed by atoms with Gasteiger partial charge in [0.1, 0.15) is 0 Å². The molecule has 0 aliphatic carbocycles. The predicted molar refractivity (Wildman–Crippen MR) is 90.2 cm³/mol. The first kappa shape index (κ1) is 15.0. The number of carboxylic acid groups (broad SMARTS) is 1. The molecule has 0 spiro atoms. The summed E-state index contributed by atoms with van der Waals surface area (Å²) in [7, 11) is 0. The lowest BCUT2D eigenvalue weighted by molar-refractivity contribution is 0.0687. The fourth-order valence-corrected chi connectivity index (χ4v) is 3.01. The highest BCUT2D eigenvalue weighted by atomic mass is 16.4. The van der Waals surface area contributed by atoms with Gasteiger partial charge in [-0.1, -0.05) is 35.9 Å². The molecule has 3 rings (SSSR count). The number of benzene rings is 2. The SMILES string of the molecule is Cc1cc(C)c(-c2cc(C(=O)O)n(-c3ccccc3)n2)c(C)c1. The van der Waals surface area contributed by atoms with Crippen LogP contribution >= 0.6 is 0 Å². The third-order valence-electron chi connectivity index (χ3n) is 3.86. The zero-order valence-corrected chi connectivity index (χ0v) is 13.4. The summed E-state index contributed by atoms with van der Waals surface area (Å²) in [5.74, 6) is -0.991. The summed E-state index contributed by atoms with van der Waals surface area (Å²) in [6.07, 6.45) is 0. The summed E-state index contributed by atoms with van der Waals surface area (Å²) in [4.78, 5) is 11.6. The number of carboxylic acids is 1. The Balaban J connectivity index is 2.22. The first-order chi connectivity index (χ1) is 11.0. The molecule has 1 heterocycles. The second-order valence-electron chi connectivity index (χ2n) is 5.74. The van der Waals surface area contributed by atoms with E-state index in [0.717, 1.165) is 22.4 Å². The van der Waals surface area contributed by atoms with Crippen LogP contribution in [0.4, 0.5) is 0 Å². The van der Waals surface area contributed by atoms with Crippen LogP contribution in [0, 0.1) is 20.8 Å². The Morgan fingerprint density at radius 2 is 1.61 bits per heavy atom. The van der Waals surface area contributed by atoms with Crippen LogP contribution in [0.2, 0.25) is 0 Å². The molecule has 4 nitrogen and oxygen atoms in total. The van der Waals surface area contributed by atoms with Gasteiger partial charge in [0.15, 0.2) is 5.69 Å². The molecule has 0 bridgehead atoms. The number of nitrogens with zero attached hydrogens (tertiary/aromatic N) is 2. The molecule has 116 valence electrons. The maximum absolute atomic E-state index is 11.6. The van der Waals surface area contributed by atoms with Gasteiger partial charge in [0.05, 0.1) is 11.4 Å². The normalized spacial score (nSPS) is 10.7. The van der Waals surface area contributed by atoms with E-state index in [1.807, 2.05) is 44.2 Å². The van der Waals surface area contributed by atoms with E-state index in [-0.39, 0.29) is 5.69 Å². The second kappa shape index (κ2) is 5.72. The Kier molecular flexibility index (Phi) is 3.74. The van der Waals surface area contributed by atoms with Crippen molar-refractivity contribution < 1.29 is 9.90 Å². The zero-order valence-electron chi connectivity index (χ0n) is 13.4. The Morgan fingerprint density at radius 1 is 1.00 bits per heavy atom. The van der Waals surface area contributed by atoms with Gasteiger partial charge in [0.2, 0.25) is 0 Å². The van der Waals surface area contributed by atoms with Crippen LogP contribution in [-0.2, 0) is 0 Å². The predicted octanol–water partition coefficient (Wildman–Crippen LogP) is 4.16. The van der Waals surface area contributed by atoms with Gasteiger partial charge in [-0.3, -0.25) is 0 Å². The van der Waals surface area contributed by atoms with Crippen LogP contribution in [0.15, 0.2) is 48.5 Å². The first-order valence-corrected chi connectivity index (χ1v) is 7.44. The minimum absolute atomic E-state index is 0.158. The molecule has 0 radical (unpaired) electrons. The average Bonchev–Trinajstić information content (AvgIpc) is 2.92. The maximum atomic E-state index is 11.6. The first-order valence-electron chi connectivity index (χ1n) is 7.44.